The summed E-state index contributed by atoms with van der Waals surface area (Å²) in [6, 6.07) is 7.75. The number of aryl methyl sites for hydroxylation is 1. The fourth-order valence-corrected chi connectivity index (χ4v) is 2.23. The third-order valence-electron chi connectivity index (χ3n) is 3.09. The Labute approximate surface area is 109 Å². The van der Waals surface area contributed by atoms with Crippen molar-refractivity contribution in [2.45, 2.75) is 13.0 Å². The van der Waals surface area contributed by atoms with Gasteiger partial charge in [-0.25, -0.2) is 4.98 Å². The summed E-state index contributed by atoms with van der Waals surface area (Å²) in [6.07, 6.45) is 1.92. The van der Waals surface area contributed by atoms with Crippen LogP contribution in [0.2, 0.25) is 0 Å². The predicted molar refractivity (Wildman–Crippen MR) is 73.3 cm³/mol. The molecular formula is C13H13N5O. The highest BCUT2D eigenvalue weighted by Crippen LogP contribution is 2.25. The number of hydrogen-bond donors (Lipinski definition) is 2. The normalized spacial score (nSPS) is 11.2. The van der Waals surface area contributed by atoms with Crippen molar-refractivity contribution in [2.75, 3.05) is 5.73 Å². The Bertz CT molecular complexity index is 777. The molecule has 0 fully saturated rings. The van der Waals surface area contributed by atoms with Crippen molar-refractivity contribution < 1.29 is 4.79 Å². The van der Waals surface area contributed by atoms with Crippen molar-refractivity contribution in [3.8, 4) is 0 Å². The number of hydrogen-bond acceptors (Lipinski definition) is 4. The number of nitrogen functional groups attached to an aromatic ring is 1. The SMILES string of the molecule is NC(=O)CCn1c(N)nc2cnc3ccccc3c21. The molecule has 2 aromatic heterocycles. The van der Waals surface area contributed by atoms with E-state index in [0.29, 0.717) is 12.5 Å². The summed E-state index contributed by atoms with van der Waals surface area (Å²) < 4.78 is 1.81. The molecule has 4 N–H and O–H groups in total. The lowest BCUT2D eigenvalue weighted by Gasteiger charge is -2.06. The Morgan fingerprint density at radius 1 is 1.26 bits per heavy atom. The van der Waals surface area contributed by atoms with Gasteiger partial charge in [-0.2, -0.15) is 0 Å². The van der Waals surface area contributed by atoms with E-state index in [9.17, 15) is 4.79 Å². The zero-order valence-corrected chi connectivity index (χ0v) is 10.2. The molecule has 2 heterocycles. The second-order valence-corrected chi connectivity index (χ2v) is 4.35. The highest BCUT2D eigenvalue weighted by molar-refractivity contribution is 6.02. The predicted octanol–water partition coefficient (Wildman–Crippen LogP) is 1.04. The largest absolute Gasteiger partial charge is 0.370 e. The number of rotatable bonds is 3. The number of anilines is 1. The van der Waals surface area contributed by atoms with E-state index in [1.807, 2.05) is 28.8 Å². The molecule has 6 nitrogen and oxygen atoms in total. The number of nitrogens with zero attached hydrogens (tertiary/aromatic N) is 3. The molecule has 0 saturated heterocycles. The first-order valence-electron chi connectivity index (χ1n) is 5.94. The molecule has 0 spiro atoms. The van der Waals surface area contributed by atoms with E-state index in [0.717, 1.165) is 21.9 Å². The maximum atomic E-state index is 10.9. The first kappa shape index (κ1) is 11.5. The van der Waals surface area contributed by atoms with E-state index >= 15 is 0 Å². The van der Waals surface area contributed by atoms with Crippen molar-refractivity contribution in [3.05, 3.63) is 30.5 Å². The summed E-state index contributed by atoms with van der Waals surface area (Å²) in [5, 5.41) is 0.966. The molecule has 3 rings (SSSR count). The number of benzene rings is 1. The average Bonchev–Trinajstić information content (AvgIpc) is 2.72. The van der Waals surface area contributed by atoms with Gasteiger partial charge in [0.1, 0.15) is 5.52 Å². The topological polar surface area (TPSA) is 99.8 Å². The summed E-state index contributed by atoms with van der Waals surface area (Å²) in [4.78, 5) is 19.5. The van der Waals surface area contributed by atoms with Crippen LogP contribution in [0.5, 0.6) is 0 Å². The summed E-state index contributed by atoms with van der Waals surface area (Å²) in [5.74, 6) is 0.00835. The van der Waals surface area contributed by atoms with E-state index in [2.05, 4.69) is 9.97 Å². The van der Waals surface area contributed by atoms with E-state index in [1.54, 1.807) is 6.20 Å². The summed E-state index contributed by atoms with van der Waals surface area (Å²) in [7, 11) is 0. The zero-order chi connectivity index (χ0) is 13.4. The minimum Gasteiger partial charge on any atom is -0.370 e. The van der Waals surface area contributed by atoms with Crippen molar-refractivity contribution >= 4 is 33.8 Å². The molecule has 96 valence electrons. The van der Waals surface area contributed by atoms with Crippen molar-refractivity contribution in [3.63, 3.8) is 0 Å². The van der Waals surface area contributed by atoms with Crippen LogP contribution in [0, 0.1) is 0 Å². The number of primary amides is 1. The van der Waals surface area contributed by atoms with Gasteiger partial charge < -0.3 is 16.0 Å². The molecule has 0 unspecified atom stereocenters. The lowest BCUT2D eigenvalue weighted by atomic mass is 10.2. The molecule has 0 radical (unpaired) electrons. The molecule has 0 atom stereocenters. The molecule has 1 aromatic carbocycles. The Hall–Kier alpha value is -2.63. The second-order valence-electron chi connectivity index (χ2n) is 4.35. The van der Waals surface area contributed by atoms with Crippen molar-refractivity contribution in [2.24, 2.45) is 5.73 Å². The molecule has 0 saturated carbocycles. The lowest BCUT2D eigenvalue weighted by molar-refractivity contribution is -0.118. The number of carbonyl (C=O) groups is 1. The number of fused-ring (bicyclic) bond motifs is 3. The molecule has 6 heteroatoms. The van der Waals surface area contributed by atoms with E-state index < -0.39 is 0 Å². The van der Waals surface area contributed by atoms with Crippen LogP contribution in [0.1, 0.15) is 6.42 Å². The zero-order valence-electron chi connectivity index (χ0n) is 10.2. The first-order valence-corrected chi connectivity index (χ1v) is 5.94. The van der Waals surface area contributed by atoms with Gasteiger partial charge in [-0.3, -0.25) is 9.78 Å². The number of para-hydroxylation sites is 1. The van der Waals surface area contributed by atoms with Crippen LogP contribution < -0.4 is 11.5 Å². The van der Waals surface area contributed by atoms with Gasteiger partial charge >= 0.3 is 0 Å². The summed E-state index contributed by atoms with van der Waals surface area (Å²) in [6.45, 7) is 0.422. The van der Waals surface area contributed by atoms with Gasteiger partial charge in [0, 0.05) is 18.4 Å². The highest BCUT2D eigenvalue weighted by Gasteiger charge is 2.12. The quantitative estimate of drug-likeness (QED) is 0.730. The van der Waals surface area contributed by atoms with Crippen LogP contribution in [0.25, 0.3) is 21.9 Å². The van der Waals surface area contributed by atoms with Gasteiger partial charge in [0.15, 0.2) is 0 Å². The average molecular weight is 255 g/mol. The van der Waals surface area contributed by atoms with Crippen LogP contribution in [0.4, 0.5) is 5.95 Å². The number of nitrogens with two attached hydrogens (primary N) is 2. The van der Waals surface area contributed by atoms with Gasteiger partial charge in [0.05, 0.1) is 17.2 Å². The smallest absolute Gasteiger partial charge is 0.219 e. The second kappa shape index (κ2) is 4.24. The van der Waals surface area contributed by atoms with Crippen LogP contribution in [-0.4, -0.2) is 20.4 Å². The molecule has 0 aliphatic rings. The Kier molecular flexibility index (Phi) is 2.56. The molecule has 19 heavy (non-hydrogen) atoms. The van der Waals surface area contributed by atoms with E-state index in [4.69, 9.17) is 11.5 Å². The number of pyridine rings is 1. The van der Waals surface area contributed by atoms with Gasteiger partial charge in [-0.05, 0) is 6.07 Å². The molecule has 0 aliphatic carbocycles. The third kappa shape index (κ3) is 1.87. The monoisotopic (exact) mass is 255 g/mol. The molecule has 3 aromatic rings. The number of imidazole rings is 1. The van der Waals surface area contributed by atoms with Crippen LogP contribution in [0.15, 0.2) is 30.5 Å². The Morgan fingerprint density at radius 2 is 2.05 bits per heavy atom. The maximum absolute atomic E-state index is 10.9. The van der Waals surface area contributed by atoms with E-state index in [1.165, 1.54) is 0 Å². The molecular weight excluding hydrogens is 242 g/mol. The fraction of sp³-hybridized carbons (Fsp3) is 0.154. The molecule has 1 amide bonds. The van der Waals surface area contributed by atoms with Gasteiger partial charge in [0.2, 0.25) is 11.9 Å². The first-order chi connectivity index (χ1) is 9.16. The van der Waals surface area contributed by atoms with Crippen molar-refractivity contribution in [1.29, 1.82) is 0 Å². The van der Waals surface area contributed by atoms with E-state index in [-0.39, 0.29) is 12.3 Å². The standard InChI is InChI=1S/C13H13N5O/c14-11(19)5-6-18-12-8-3-1-2-4-9(8)16-7-10(12)17-13(18)15/h1-4,7H,5-6H2,(H2,14,19)(H2,15,17). The van der Waals surface area contributed by atoms with Crippen molar-refractivity contribution in [1.82, 2.24) is 14.5 Å². The maximum Gasteiger partial charge on any atom is 0.219 e. The van der Waals surface area contributed by atoms with Crippen LogP contribution in [0.3, 0.4) is 0 Å². The third-order valence-corrected chi connectivity index (χ3v) is 3.09. The van der Waals surface area contributed by atoms with Gasteiger partial charge in [-0.1, -0.05) is 18.2 Å². The van der Waals surface area contributed by atoms with Gasteiger partial charge in [0.25, 0.3) is 0 Å². The Morgan fingerprint density at radius 3 is 2.84 bits per heavy atom. The highest BCUT2D eigenvalue weighted by atomic mass is 16.1. The molecule has 0 aliphatic heterocycles. The van der Waals surface area contributed by atoms with Gasteiger partial charge in [-0.15, -0.1) is 0 Å². The minimum absolute atomic E-state index is 0.228. The van der Waals surface area contributed by atoms with Crippen LogP contribution >= 0.6 is 0 Å². The Balaban J connectivity index is 2.27. The van der Waals surface area contributed by atoms with Crippen LogP contribution in [-0.2, 0) is 11.3 Å². The summed E-state index contributed by atoms with van der Waals surface area (Å²) in [5.41, 5.74) is 13.6. The lowest BCUT2D eigenvalue weighted by Crippen LogP contribution is -2.15. The fourth-order valence-electron chi connectivity index (χ4n) is 2.23. The number of carbonyl (C=O) groups excluding carboxylic acids is 1. The molecule has 0 bridgehead atoms. The summed E-state index contributed by atoms with van der Waals surface area (Å²) >= 11 is 0. The minimum atomic E-state index is -0.361. The number of amides is 1. The number of aromatic nitrogens is 3.